The first-order valence-corrected chi connectivity index (χ1v) is 6.45. The number of nitro benzene ring substituents is 1. The first kappa shape index (κ1) is 15.5. The molecule has 0 amide bonds. The Morgan fingerprint density at radius 3 is 2.79 bits per heavy atom. The van der Waals surface area contributed by atoms with Gasteiger partial charge in [-0.05, 0) is 19.9 Å². The molecule has 0 heterocycles. The molecule has 0 aliphatic heterocycles. The summed E-state index contributed by atoms with van der Waals surface area (Å²) in [6.07, 6.45) is -0.383. The van der Waals surface area contributed by atoms with Crippen molar-refractivity contribution in [3.05, 3.63) is 32.3 Å². The third kappa shape index (κ3) is 4.23. The van der Waals surface area contributed by atoms with Gasteiger partial charge in [-0.1, -0.05) is 15.9 Å². The molecular weight excluding hydrogens is 314 g/mol. The molecule has 19 heavy (non-hydrogen) atoms. The Morgan fingerprint density at radius 2 is 2.26 bits per heavy atom. The van der Waals surface area contributed by atoms with Crippen LogP contribution in [-0.2, 0) is 0 Å². The summed E-state index contributed by atoms with van der Waals surface area (Å²) in [4.78, 5) is 10.5. The average molecular weight is 328 g/mol. The van der Waals surface area contributed by atoms with Crippen LogP contribution >= 0.6 is 15.9 Å². The van der Waals surface area contributed by atoms with Crippen molar-refractivity contribution in [3.63, 3.8) is 0 Å². The molecule has 0 radical (unpaired) electrons. The first-order chi connectivity index (χ1) is 8.97. The minimum atomic E-state index is -0.858. The van der Waals surface area contributed by atoms with Crippen LogP contribution in [0.3, 0.4) is 0 Å². The third-order valence-electron chi connectivity index (χ3n) is 2.36. The highest BCUT2D eigenvalue weighted by molar-refractivity contribution is 9.10. The van der Waals surface area contributed by atoms with Crippen LogP contribution in [0.5, 0.6) is 5.75 Å². The molecule has 102 valence electrons. The minimum absolute atomic E-state index is 0.0982. The summed E-state index contributed by atoms with van der Waals surface area (Å²) in [5, 5.41) is 20.7. The highest BCUT2D eigenvalue weighted by Gasteiger charge is 2.23. The molecule has 1 N–H and O–H groups in total. The van der Waals surface area contributed by atoms with Gasteiger partial charge in [0, 0.05) is 22.5 Å². The Balaban J connectivity index is 3.14. The SMILES string of the molecule is CC#CCCOc1c([C@@H](C)O)cc(Br)cc1[N+](=O)[O-]. The van der Waals surface area contributed by atoms with Gasteiger partial charge in [0.2, 0.25) is 5.75 Å². The molecule has 0 aromatic heterocycles. The van der Waals surface area contributed by atoms with Crippen molar-refractivity contribution in [2.75, 3.05) is 6.61 Å². The van der Waals surface area contributed by atoms with Gasteiger partial charge in [-0.2, -0.15) is 0 Å². The van der Waals surface area contributed by atoms with Gasteiger partial charge in [0.05, 0.1) is 17.6 Å². The van der Waals surface area contributed by atoms with Crippen LogP contribution in [0.4, 0.5) is 5.69 Å². The van der Waals surface area contributed by atoms with Crippen LogP contribution in [0.2, 0.25) is 0 Å². The van der Waals surface area contributed by atoms with E-state index in [1.807, 2.05) is 0 Å². The topological polar surface area (TPSA) is 72.6 Å². The molecule has 0 saturated heterocycles. The van der Waals surface area contributed by atoms with Crippen LogP contribution in [0.1, 0.15) is 31.9 Å². The normalized spacial score (nSPS) is 11.4. The number of nitrogens with zero attached hydrogens (tertiary/aromatic N) is 1. The molecule has 0 spiro atoms. The molecule has 6 heteroatoms. The zero-order valence-corrected chi connectivity index (χ0v) is 12.2. The van der Waals surface area contributed by atoms with Crippen LogP contribution in [0.25, 0.3) is 0 Å². The summed E-state index contributed by atoms with van der Waals surface area (Å²) in [5.74, 6) is 5.63. The van der Waals surface area contributed by atoms with E-state index in [1.54, 1.807) is 13.0 Å². The van der Waals surface area contributed by atoms with E-state index in [0.29, 0.717) is 16.5 Å². The zero-order valence-electron chi connectivity index (χ0n) is 10.6. The molecule has 5 nitrogen and oxygen atoms in total. The molecule has 0 fully saturated rings. The fourth-order valence-corrected chi connectivity index (χ4v) is 2.00. The van der Waals surface area contributed by atoms with Crippen LogP contribution in [-0.4, -0.2) is 16.6 Å². The van der Waals surface area contributed by atoms with E-state index in [-0.39, 0.29) is 18.0 Å². The summed E-state index contributed by atoms with van der Waals surface area (Å²) in [6, 6.07) is 2.96. The molecule has 0 unspecified atom stereocenters. The van der Waals surface area contributed by atoms with Gasteiger partial charge < -0.3 is 9.84 Å². The number of benzene rings is 1. The summed E-state index contributed by atoms with van der Waals surface area (Å²) in [7, 11) is 0. The van der Waals surface area contributed by atoms with Crippen molar-refractivity contribution in [2.24, 2.45) is 0 Å². The van der Waals surface area contributed by atoms with Gasteiger partial charge in [-0.3, -0.25) is 10.1 Å². The van der Waals surface area contributed by atoms with E-state index in [2.05, 4.69) is 27.8 Å². The second-order valence-electron chi connectivity index (χ2n) is 3.80. The molecule has 0 aliphatic carbocycles. The number of nitro groups is 1. The zero-order chi connectivity index (χ0) is 14.4. The van der Waals surface area contributed by atoms with Crippen LogP contribution in [0, 0.1) is 22.0 Å². The second kappa shape index (κ2) is 7.12. The predicted octanol–water partition coefficient (Wildman–Crippen LogP) is 3.20. The largest absolute Gasteiger partial charge is 0.486 e. The van der Waals surface area contributed by atoms with Gasteiger partial charge in [-0.15, -0.1) is 11.8 Å². The highest BCUT2D eigenvalue weighted by atomic mass is 79.9. The number of hydrogen-bond acceptors (Lipinski definition) is 4. The van der Waals surface area contributed by atoms with E-state index in [4.69, 9.17) is 4.74 Å². The molecule has 0 bridgehead atoms. The average Bonchev–Trinajstić information content (AvgIpc) is 2.34. The van der Waals surface area contributed by atoms with Crippen LogP contribution < -0.4 is 4.74 Å². The van der Waals surface area contributed by atoms with Crippen molar-refractivity contribution in [1.29, 1.82) is 0 Å². The van der Waals surface area contributed by atoms with Gasteiger partial charge >= 0.3 is 5.69 Å². The summed E-state index contributed by atoms with van der Waals surface area (Å²) < 4.78 is 5.95. The Hall–Kier alpha value is -1.58. The number of aliphatic hydroxyl groups is 1. The number of aliphatic hydroxyl groups excluding tert-OH is 1. The van der Waals surface area contributed by atoms with Crippen molar-refractivity contribution in [2.45, 2.75) is 26.4 Å². The maximum Gasteiger partial charge on any atom is 0.312 e. The number of hydrogen-bond donors (Lipinski definition) is 1. The predicted molar refractivity (Wildman–Crippen MR) is 75.0 cm³/mol. The van der Waals surface area contributed by atoms with Gasteiger partial charge in [0.1, 0.15) is 0 Å². The van der Waals surface area contributed by atoms with Crippen LogP contribution in [0.15, 0.2) is 16.6 Å². The molecule has 1 atom stereocenters. The van der Waals surface area contributed by atoms with E-state index >= 15 is 0 Å². The van der Waals surface area contributed by atoms with E-state index in [1.165, 1.54) is 13.0 Å². The lowest BCUT2D eigenvalue weighted by molar-refractivity contribution is -0.386. The summed E-state index contributed by atoms with van der Waals surface area (Å²) >= 11 is 3.18. The molecule has 0 aliphatic rings. The highest BCUT2D eigenvalue weighted by Crippen LogP contribution is 2.37. The second-order valence-corrected chi connectivity index (χ2v) is 4.72. The molecular formula is C13H14BrNO4. The lowest BCUT2D eigenvalue weighted by Crippen LogP contribution is -2.05. The van der Waals surface area contributed by atoms with Crippen molar-refractivity contribution < 1.29 is 14.8 Å². The summed E-state index contributed by atoms with van der Waals surface area (Å²) in [6.45, 7) is 3.48. The molecule has 0 saturated carbocycles. The van der Waals surface area contributed by atoms with Gasteiger partial charge in [0.15, 0.2) is 0 Å². The monoisotopic (exact) mass is 327 g/mol. The Labute approximate surface area is 119 Å². The van der Waals surface area contributed by atoms with E-state index in [0.717, 1.165) is 0 Å². The van der Waals surface area contributed by atoms with Crippen molar-refractivity contribution in [1.82, 2.24) is 0 Å². The smallest absolute Gasteiger partial charge is 0.312 e. The fraction of sp³-hybridized carbons (Fsp3) is 0.385. The van der Waals surface area contributed by atoms with Crippen molar-refractivity contribution >= 4 is 21.6 Å². The number of halogens is 1. The van der Waals surface area contributed by atoms with Gasteiger partial charge in [-0.25, -0.2) is 0 Å². The number of rotatable bonds is 5. The Kier molecular flexibility index (Phi) is 5.80. The first-order valence-electron chi connectivity index (χ1n) is 5.65. The maximum atomic E-state index is 11.0. The van der Waals surface area contributed by atoms with Gasteiger partial charge in [0.25, 0.3) is 0 Å². The third-order valence-corrected chi connectivity index (χ3v) is 2.82. The number of ether oxygens (including phenoxy) is 1. The lowest BCUT2D eigenvalue weighted by Gasteiger charge is -2.13. The molecule has 1 aromatic rings. The quantitative estimate of drug-likeness (QED) is 0.390. The van der Waals surface area contributed by atoms with E-state index in [9.17, 15) is 15.2 Å². The Bertz CT molecular complexity index is 531. The minimum Gasteiger partial charge on any atom is -0.486 e. The summed E-state index contributed by atoms with van der Waals surface area (Å²) in [5.41, 5.74) is 0.209. The Morgan fingerprint density at radius 1 is 1.58 bits per heavy atom. The van der Waals surface area contributed by atoms with Crippen molar-refractivity contribution in [3.8, 4) is 17.6 Å². The molecule has 1 aromatic carbocycles. The standard InChI is InChI=1S/C13H14BrNO4/c1-3-4-5-6-19-13-11(9(2)16)7-10(14)8-12(13)15(17)18/h7-9,16H,5-6H2,1-2H3/t9-/m1/s1. The lowest BCUT2D eigenvalue weighted by atomic mass is 10.1. The maximum absolute atomic E-state index is 11.0. The fourth-order valence-electron chi connectivity index (χ4n) is 1.53. The molecule has 1 rings (SSSR count). The van der Waals surface area contributed by atoms with E-state index < -0.39 is 11.0 Å².